The summed E-state index contributed by atoms with van der Waals surface area (Å²) in [7, 11) is 0. The molecule has 0 rings (SSSR count). The average Bonchev–Trinajstić information content (AvgIpc) is 1.65. The summed E-state index contributed by atoms with van der Waals surface area (Å²) >= 11 is 0. The molecule has 0 saturated carbocycles. The zero-order valence-corrected chi connectivity index (χ0v) is 4.70. The molecular weight excluding hydrogens is 74.1 g/mol. The molecule has 0 spiro atoms. The van der Waals surface area contributed by atoms with E-state index in [2.05, 4.69) is 19.6 Å². The summed E-state index contributed by atoms with van der Waals surface area (Å²) in [4.78, 5) is 0. The van der Waals surface area contributed by atoms with Crippen molar-refractivity contribution >= 4 is 0 Å². The third-order valence-corrected chi connectivity index (χ3v) is 1.19. The Labute approximate surface area is 39.5 Å². The van der Waals surface area contributed by atoms with Crippen molar-refractivity contribution in [1.82, 2.24) is 0 Å². The molecular formula is C5H14N+. The van der Waals surface area contributed by atoms with Crippen LogP contribution in [-0.4, -0.2) is 6.54 Å². The van der Waals surface area contributed by atoms with Crippen LogP contribution in [0.15, 0.2) is 0 Å². The van der Waals surface area contributed by atoms with Crippen LogP contribution in [0.25, 0.3) is 0 Å². The van der Waals surface area contributed by atoms with Gasteiger partial charge in [0.25, 0.3) is 0 Å². The first kappa shape index (κ1) is 5.96. The first-order chi connectivity index (χ1) is 2.81. The van der Waals surface area contributed by atoms with Crippen LogP contribution in [0.1, 0.15) is 20.3 Å². The van der Waals surface area contributed by atoms with Gasteiger partial charge < -0.3 is 5.73 Å². The molecule has 3 N–H and O–H groups in total. The van der Waals surface area contributed by atoms with Crippen molar-refractivity contribution in [3.05, 3.63) is 0 Å². The van der Waals surface area contributed by atoms with Crippen LogP contribution in [0.2, 0.25) is 0 Å². The summed E-state index contributed by atoms with van der Waals surface area (Å²) in [6.45, 7) is 5.49. The van der Waals surface area contributed by atoms with Crippen molar-refractivity contribution in [2.75, 3.05) is 6.54 Å². The summed E-state index contributed by atoms with van der Waals surface area (Å²) in [6, 6.07) is 0. The second-order valence-corrected chi connectivity index (χ2v) is 1.80. The van der Waals surface area contributed by atoms with Gasteiger partial charge in [-0.3, -0.25) is 0 Å². The molecule has 0 amide bonds. The van der Waals surface area contributed by atoms with Crippen LogP contribution >= 0.6 is 0 Å². The van der Waals surface area contributed by atoms with Gasteiger partial charge in [-0.25, -0.2) is 0 Å². The summed E-state index contributed by atoms with van der Waals surface area (Å²) in [5, 5.41) is 0. The van der Waals surface area contributed by atoms with E-state index in [0.717, 1.165) is 12.5 Å². The van der Waals surface area contributed by atoms with Crippen LogP contribution in [0.4, 0.5) is 0 Å². The average molecular weight is 88.2 g/mol. The molecule has 0 aromatic rings. The fourth-order valence-electron chi connectivity index (χ4n) is 0.204. The standard InChI is InChI=1S/C5H13N/c1-3-5(2)4-6/h5H,3-4,6H2,1-2H3/p+1/t5-/m0/s1. The minimum atomic E-state index is 0.824. The van der Waals surface area contributed by atoms with Crippen molar-refractivity contribution in [2.24, 2.45) is 5.92 Å². The fraction of sp³-hybridized carbons (Fsp3) is 1.00. The molecule has 0 radical (unpaired) electrons. The normalized spacial score (nSPS) is 14.5. The van der Waals surface area contributed by atoms with Crippen molar-refractivity contribution < 1.29 is 5.73 Å². The largest absolute Gasteiger partial charge is 0.357 e. The summed E-state index contributed by atoms with van der Waals surface area (Å²) in [5.74, 6) is 0.824. The van der Waals surface area contributed by atoms with E-state index in [0.29, 0.717) is 0 Å². The van der Waals surface area contributed by atoms with Gasteiger partial charge in [0.15, 0.2) is 0 Å². The first-order valence-corrected chi connectivity index (χ1v) is 2.60. The fourth-order valence-corrected chi connectivity index (χ4v) is 0.204. The molecule has 0 aromatic heterocycles. The summed E-state index contributed by atoms with van der Waals surface area (Å²) in [5.41, 5.74) is 3.76. The maximum absolute atomic E-state index is 3.76. The van der Waals surface area contributed by atoms with E-state index in [1.165, 1.54) is 6.42 Å². The third-order valence-electron chi connectivity index (χ3n) is 1.19. The lowest BCUT2D eigenvalue weighted by Gasteiger charge is -1.96. The Kier molecular flexibility index (Phi) is 3.14. The topological polar surface area (TPSA) is 27.6 Å². The van der Waals surface area contributed by atoms with Crippen molar-refractivity contribution in [1.29, 1.82) is 0 Å². The second-order valence-electron chi connectivity index (χ2n) is 1.80. The van der Waals surface area contributed by atoms with E-state index in [1.54, 1.807) is 0 Å². The number of hydrogen-bond acceptors (Lipinski definition) is 0. The summed E-state index contributed by atoms with van der Waals surface area (Å²) < 4.78 is 0. The highest BCUT2D eigenvalue weighted by molar-refractivity contribution is 4.40. The molecule has 38 valence electrons. The minimum Gasteiger partial charge on any atom is -0.357 e. The third kappa shape index (κ3) is 2.21. The van der Waals surface area contributed by atoms with Crippen LogP contribution in [0, 0.1) is 5.92 Å². The quantitative estimate of drug-likeness (QED) is 0.502. The van der Waals surface area contributed by atoms with Gasteiger partial charge in [-0.15, -0.1) is 0 Å². The number of hydrogen-bond donors (Lipinski definition) is 1. The molecule has 1 atom stereocenters. The number of rotatable bonds is 2. The van der Waals surface area contributed by atoms with Gasteiger partial charge in [-0.1, -0.05) is 13.8 Å². The molecule has 0 unspecified atom stereocenters. The van der Waals surface area contributed by atoms with E-state index in [1.807, 2.05) is 0 Å². The van der Waals surface area contributed by atoms with Gasteiger partial charge in [0, 0.05) is 5.92 Å². The predicted molar refractivity (Wildman–Crippen MR) is 27.2 cm³/mol. The Balaban J connectivity index is 2.75. The molecule has 0 aromatic carbocycles. The lowest BCUT2D eigenvalue weighted by atomic mass is 10.1. The van der Waals surface area contributed by atoms with E-state index < -0.39 is 0 Å². The highest BCUT2D eigenvalue weighted by atomic mass is 14.5. The Morgan fingerprint density at radius 3 is 2.17 bits per heavy atom. The minimum absolute atomic E-state index is 0.824. The van der Waals surface area contributed by atoms with E-state index >= 15 is 0 Å². The Morgan fingerprint density at radius 2 is 2.17 bits per heavy atom. The molecule has 0 aliphatic rings. The SMILES string of the molecule is CC[C@H](C)C[NH3+]. The Morgan fingerprint density at radius 1 is 1.67 bits per heavy atom. The Hall–Kier alpha value is -0.0400. The van der Waals surface area contributed by atoms with Crippen LogP contribution < -0.4 is 5.73 Å². The van der Waals surface area contributed by atoms with Gasteiger partial charge in [-0.2, -0.15) is 0 Å². The van der Waals surface area contributed by atoms with Gasteiger partial charge >= 0.3 is 0 Å². The van der Waals surface area contributed by atoms with Gasteiger partial charge in [0.1, 0.15) is 0 Å². The highest BCUT2D eigenvalue weighted by Crippen LogP contribution is 1.92. The monoisotopic (exact) mass is 88.1 g/mol. The first-order valence-electron chi connectivity index (χ1n) is 2.60. The number of quaternary nitrogens is 1. The van der Waals surface area contributed by atoms with Gasteiger partial charge in [0.2, 0.25) is 0 Å². The molecule has 6 heavy (non-hydrogen) atoms. The molecule has 0 aliphatic heterocycles. The van der Waals surface area contributed by atoms with Crippen molar-refractivity contribution in [3.63, 3.8) is 0 Å². The zero-order valence-electron chi connectivity index (χ0n) is 4.70. The van der Waals surface area contributed by atoms with E-state index in [9.17, 15) is 0 Å². The molecule has 1 heteroatoms. The smallest absolute Gasteiger partial charge is 0.0765 e. The maximum Gasteiger partial charge on any atom is 0.0765 e. The van der Waals surface area contributed by atoms with Crippen LogP contribution in [0.5, 0.6) is 0 Å². The van der Waals surface area contributed by atoms with Crippen molar-refractivity contribution in [3.8, 4) is 0 Å². The van der Waals surface area contributed by atoms with Crippen LogP contribution in [-0.2, 0) is 0 Å². The van der Waals surface area contributed by atoms with E-state index in [4.69, 9.17) is 0 Å². The summed E-state index contributed by atoms with van der Waals surface area (Å²) in [6.07, 6.45) is 1.27. The maximum atomic E-state index is 3.76. The molecule has 0 aliphatic carbocycles. The second kappa shape index (κ2) is 3.16. The Bertz CT molecular complexity index is 23.1. The van der Waals surface area contributed by atoms with E-state index in [-0.39, 0.29) is 0 Å². The molecule has 0 saturated heterocycles. The molecule has 1 nitrogen and oxygen atoms in total. The van der Waals surface area contributed by atoms with Crippen LogP contribution in [0.3, 0.4) is 0 Å². The van der Waals surface area contributed by atoms with Gasteiger partial charge in [-0.05, 0) is 6.42 Å². The molecule has 0 bridgehead atoms. The van der Waals surface area contributed by atoms with Gasteiger partial charge in [0.05, 0.1) is 6.54 Å². The lowest BCUT2D eigenvalue weighted by Crippen LogP contribution is -2.52. The highest BCUT2D eigenvalue weighted by Gasteiger charge is 1.92. The van der Waals surface area contributed by atoms with Crippen molar-refractivity contribution in [2.45, 2.75) is 20.3 Å². The zero-order chi connectivity index (χ0) is 4.99. The molecule has 0 heterocycles. The molecule has 0 fully saturated rings. The predicted octanol–water partition coefficient (Wildman–Crippen LogP) is 0.274. The lowest BCUT2D eigenvalue weighted by molar-refractivity contribution is -0.378.